The third-order valence-corrected chi connectivity index (χ3v) is 3.40. The number of hydrogen-bond donors (Lipinski definition) is 1. The van der Waals surface area contributed by atoms with Crippen molar-refractivity contribution in [1.29, 1.82) is 0 Å². The van der Waals surface area contributed by atoms with Crippen molar-refractivity contribution in [3.8, 4) is 0 Å². The number of rotatable bonds is 2. The largest absolute Gasteiger partial charge is 0.416 e. The standard InChI is InChI=1S/C14H10ClF3N4/c15-11-5-10(19)12-13(21-11)22(7-20-12)6-8-1-3-9(4-2-8)14(16,17)18/h1-5,7H,6H2,(H2,19,21). The van der Waals surface area contributed by atoms with Crippen LogP contribution >= 0.6 is 11.6 Å². The van der Waals surface area contributed by atoms with E-state index in [4.69, 9.17) is 17.3 Å². The van der Waals surface area contributed by atoms with E-state index in [2.05, 4.69) is 9.97 Å². The first-order valence-corrected chi connectivity index (χ1v) is 6.65. The van der Waals surface area contributed by atoms with Crippen LogP contribution < -0.4 is 5.73 Å². The van der Waals surface area contributed by atoms with Crippen LogP contribution in [0.3, 0.4) is 0 Å². The number of pyridine rings is 1. The number of nitrogens with two attached hydrogens (primary N) is 1. The van der Waals surface area contributed by atoms with E-state index in [0.717, 1.165) is 12.1 Å². The topological polar surface area (TPSA) is 56.7 Å². The van der Waals surface area contributed by atoms with Gasteiger partial charge in [0.25, 0.3) is 0 Å². The molecule has 0 fully saturated rings. The van der Waals surface area contributed by atoms with Gasteiger partial charge in [0.05, 0.1) is 24.1 Å². The normalized spacial score (nSPS) is 12.0. The molecule has 0 spiro atoms. The van der Waals surface area contributed by atoms with Gasteiger partial charge in [-0.15, -0.1) is 0 Å². The highest BCUT2D eigenvalue weighted by Crippen LogP contribution is 2.29. The van der Waals surface area contributed by atoms with Gasteiger partial charge in [0, 0.05) is 6.07 Å². The monoisotopic (exact) mass is 326 g/mol. The average molecular weight is 327 g/mol. The van der Waals surface area contributed by atoms with Crippen LogP contribution in [0, 0.1) is 0 Å². The quantitative estimate of drug-likeness (QED) is 0.730. The summed E-state index contributed by atoms with van der Waals surface area (Å²) in [5.74, 6) is 0. The molecule has 0 aliphatic rings. The Hall–Kier alpha value is -2.28. The van der Waals surface area contributed by atoms with Crippen molar-refractivity contribution in [3.05, 3.63) is 52.9 Å². The number of anilines is 1. The molecular weight excluding hydrogens is 317 g/mol. The maximum atomic E-state index is 12.5. The Morgan fingerprint density at radius 1 is 1.18 bits per heavy atom. The molecule has 114 valence electrons. The van der Waals surface area contributed by atoms with Gasteiger partial charge in [-0.05, 0) is 17.7 Å². The Morgan fingerprint density at radius 3 is 2.50 bits per heavy atom. The lowest BCUT2D eigenvalue weighted by Gasteiger charge is -2.08. The molecule has 1 aromatic carbocycles. The van der Waals surface area contributed by atoms with Crippen LogP contribution in [0.1, 0.15) is 11.1 Å². The van der Waals surface area contributed by atoms with E-state index >= 15 is 0 Å². The van der Waals surface area contributed by atoms with Gasteiger partial charge in [0.1, 0.15) is 10.7 Å². The molecule has 2 heterocycles. The highest BCUT2D eigenvalue weighted by Gasteiger charge is 2.29. The smallest absolute Gasteiger partial charge is 0.397 e. The van der Waals surface area contributed by atoms with Gasteiger partial charge < -0.3 is 10.3 Å². The minimum atomic E-state index is -4.34. The third-order valence-electron chi connectivity index (χ3n) is 3.21. The van der Waals surface area contributed by atoms with Gasteiger partial charge in [0.15, 0.2) is 5.65 Å². The maximum Gasteiger partial charge on any atom is 0.416 e. The molecule has 2 N–H and O–H groups in total. The molecule has 0 radical (unpaired) electrons. The summed E-state index contributed by atoms with van der Waals surface area (Å²) in [4.78, 5) is 8.30. The van der Waals surface area contributed by atoms with E-state index in [9.17, 15) is 13.2 Å². The zero-order chi connectivity index (χ0) is 15.9. The first-order chi connectivity index (χ1) is 10.3. The van der Waals surface area contributed by atoms with Crippen LogP contribution in [-0.4, -0.2) is 14.5 Å². The number of alkyl halides is 3. The number of halogens is 4. The van der Waals surface area contributed by atoms with Gasteiger partial charge in [-0.3, -0.25) is 0 Å². The molecule has 8 heteroatoms. The molecule has 0 aliphatic carbocycles. The fraction of sp³-hybridized carbons (Fsp3) is 0.143. The predicted molar refractivity (Wildman–Crippen MR) is 77.5 cm³/mol. The molecule has 3 rings (SSSR count). The summed E-state index contributed by atoms with van der Waals surface area (Å²) in [5.41, 5.74) is 7.22. The number of nitrogens with zero attached hydrogens (tertiary/aromatic N) is 3. The van der Waals surface area contributed by atoms with Crippen LogP contribution in [-0.2, 0) is 12.7 Å². The predicted octanol–water partition coefficient (Wildman–Crippen LogP) is 3.73. The van der Waals surface area contributed by atoms with Crippen LogP contribution in [0.15, 0.2) is 36.7 Å². The molecule has 2 aromatic heterocycles. The summed E-state index contributed by atoms with van der Waals surface area (Å²) in [7, 11) is 0. The van der Waals surface area contributed by atoms with E-state index < -0.39 is 11.7 Å². The second-order valence-electron chi connectivity index (χ2n) is 4.77. The van der Waals surface area contributed by atoms with Crippen molar-refractivity contribution in [2.75, 3.05) is 5.73 Å². The van der Waals surface area contributed by atoms with Crippen molar-refractivity contribution in [2.24, 2.45) is 0 Å². The second-order valence-corrected chi connectivity index (χ2v) is 5.16. The van der Waals surface area contributed by atoms with Crippen LogP contribution in [0.2, 0.25) is 5.15 Å². The Morgan fingerprint density at radius 2 is 1.86 bits per heavy atom. The molecule has 0 bridgehead atoms. The third kappa shape index (κ3) is 2.71. The average Bonchev–Trinajstić information content (AvgIpc) is 2.82. The van der Waals surface area contributed by atoms with Gasteiger partial charge in [-0.1, -0.05) is 23.7 Å². The van der Waals surface area contributed by atoms with E-state index in [-0.39, 0.29) is 5.15 Å². The molecule has 0 saturated carbocycles. The Labute approximate surface area is 128 Å². The fourth-order valence-electron chi connectivity index (χ4n) is 2.14. The SMILES string of the molecule is Nc1cc(Cl)nc2c1ncn2Cc1ccc(C(F)(F)F)cc1. The Kier molecular flexibility index (Phi) is 3.44. The molecule has 0 saturated heterocycles. The van der Waals surface area contributed by atoms with Gasteiger partial charge in [-0.25, -0.2) is 9.97 Å². The number of fused-ring (bicyclic) bond motifs is 1. The number of nitrogen functional groups attached to an aromatic ring is 1. The van der Waals surface area contributed by atoms with E-state index in [1.165, 1.54) is 24.5 Å². The van der Waals surface area contributed by atoms with Crippen molar-refractivity contribution in [3.63, 3.8) is 0 Å². The Balaban J connectivity index is 1.93. The number of benzene rings is 1. The minimum Gasteiger partial charge on any atom is -0.397 e. The van der Waals surface area contributed by atoms with Gasteiger partial charge >= 0.3 is 6.18 Å². The molecule has 0 atom stereocenters. The van der Waals surface area contributed by atoms with Crippen LogP contribution in [0.5, 0.6) is 0 Å². The first-order valence-electron chi connectivity index (χ1n) is 6.27. The van der Waals surface area contributed by atoms with Crippen LogP contribution in [0.25, 0.3) is 11.2 Å². The zero-order valence-electron chi connectivity index (χ0n) is 11.1. The Bertz CT molecular complexity index is 824. The summed E-state index contributed by atoms with van der Waals surface area (Å²) in [6, 6.07) is 6.43. The lowest BCUT2D eigenvalue weighted by molar-refractivity contribution is -0.137. The van der Waals surface area contributed by atoms with Gasteiger partial charge in [-0.2, -0.15) is 13.2 Å². The highest BCUT2D eigenvalue weighted by molar-refractivity contribution is 6.30. The number of imidazole rings is 1. The van der Waals surface area contributed by atoms with Crippen molar-refractivity contribution >= 4 is 28.5 Å². The molecule has 0 amide bonds. The van der Waals surface area contributed by atoms with E-state index in [1.54, 1.807) is 4.57 Å². The molecule has 0 aliphatic heterocycles. The molecular formula is C14H10ClF3N4. The summed E-state index contributed by atoms with van der Waals surface area (Å²) >= 11 is 5.87. The molecule has 3 aromatic rings. The lowest BCUT2D eigenvalue weighted by atomic mass is 10.1. The lowest BCUT2D eigenvalue weighted by Crippen LogP contribution is -2.05. The van der Waals surface area contributed by atoms with E-state index in [1.807, 2.05) is 0 Å². The maximum absolute atomic E-state index is 12.5. The second kappa shape index (κ2) is 5.17. The van der Waals surface area contributed by atoms with Crippen molar-refractivity contribution in [2.45, 2.75) is 12.7 Å². The number of aromatic nitrogens is 3. The number of hydrogen-bond acceptors (Lipinski definition) is 3. The summed E-state index contributed by atoms with van der Waals surface area (Å²) in [6.07, 6.45) is -2.81. The zero-order valence-corrected chi connectivity index (χ0v) is 11.9. The summed E-state index contributed by atoms with van der Waals surface area (Å²) in [6.45, 7) is 0.321. The molecule has 4 nitrogen and oxygen atoms in total. The summed E-state index contributed by atoms with van der Waals surface area (Å²) < 4.78 is 39.3. The van der Waals surface area contributed by atoms with Crippen molar-refractivity contribution < 1.29 is 13.2 Å². The van der Waals surface area contributed by atoms with Crippen molar-refractivity contribution in [1.82, 2.24) is 14.5 Å². The highest BCUT2D eigenvalue weighted by atomic mass is 35.5. The molecule has 22 heavy (non-hydrogen) atoms. The fourth-order valence-corrected chi connectivity index (χ4v) is 2.34. The molecule has 0 unspecified atom stereocenters. The first kappa shape index (κ1) is 14.6. The van der Waals surface area contributed by atoms with Gasteiger partial charge in [0.2, 0.25) is 0 Å². The minimum absolute atomic E-state index is 0.235. The van der Waals surface area contributed by atoms with Crippen LogP contribution in [0.4, 0.5) is 18.9 Å². The summed E-state index contributed by atoms with van der Waals surface area (Å²) in [5, 5.41) is 0.235. The van der Waals surface area contributed by atoms with E-state index in [0.29, 0.717) is 29.0 Å².